The Bertz CT molecular complexity index is 641. The van der Waals surface area contributed by atoms with E-state index in [1.54, 1.807) is 0 Å². The minimum atomic E-state index is 0. The van der Waals surface area contributed by atoms with Gasteiger partial charge >= 0.3 is 0 Å². The molecule has 0 N–H and O–H groups in total. The Morgan fingerprint density at radius 3 is 2.06 bits per heavy atom. The van der Waals surface area contributed by atoms with Gasteiger partial charge in [-0.1, -0.05) is 42.5 Å². The van der Waals surface area contributed by atoms with Crippen LogP contribution in [0.4, 0.5) is 0 Å². The van der Waals surface area contributed by atoms with Crippen molar-refractivity contribution in [3.63, 3.8) is 0 Å². The fourth-order valence-corrected chi connectivity index (χ4v) is 2.12. The molecule has 0 bridgehead atoms. The van der Waals surface area contributed by atoms with Gasteiger partial charge < -0.3 is 0 Å². The summed E-state index contributed by atoms with van der Waals surface area (Å²) in [6.45, 7) is 2.16. The molecule has 0 aliphatic heterocycles. The summed E-state index contributed by atoms with van der Waals surface area (Å²) in [7, 11) is 0. The molecule has 80 valence electrons. The molecule has 0 saturated heterocycles. The summed E-state index contributed by atoms with van der Waals surface area (Å²) in [5.41, 5.74) is 1.35. The Balaban J connectivity index is 0.000000963. The largest absolute Gasteiger partial charge is 0.147 e. The van der Waals surface area contributed by atoms with Crippen LogP contribution in [0.1, 0.15) is 5.56 Å². The van der Waals surface area contributed by atoms with Crippen LogP contribution in [0.5, 0.6) is 0 Å². The van der Waals surface area contributed by atoms with Crippen molar-refractivity contribution >= 4 is 34.0 Å². The fraction of sp³-hybridized carbons (Fsp3) is 0.0667. The minimum absolute atomic E-state index is 0. The Morgan fingerprint density at radius 2 is 1.31 bits per heavy atom. The first-order chi connectivity index (χ1) is 7.34. The third-order valence-corrected chi connectivity index (χ3v) is 2.96. The second-order valence-electron chi connectivity index (χ2n) is 4.00. The average Bonchev–Trinajstić information content (AvgIpc) is 2.27. The SMILES string of the molecule is Cc1cccc2cc3ccccc3cc12.Cl. The summed E-state index contributed by atoms with van der Waals surface area (Å²) in [6, 6.07) is 19.5. The van der Waals surface area contributed by atoms with Gasteiger partial charge in [0.05, 0.1) is 0 Å². The highest BCUT2D eigenvalue weighted by molar-refractivity contribution is 5.99. The molecular weight excluding hydrogens is 216 g/mol. The van der Waals surface area contributed by atoms with E-state index < -0.39 is 0 Å². The van der Waals surface area contributed by atoms with E-state index in [1.807, 2.05) is 0 Å². The van der Waals surface area contributed by atoms with Crippen molar-refractivity contribution in [1.29, 1.82) is 0 Å². The third kappa shape index (κ3) is 1.66. The molecule has 1 heteroatoms. The van der Waals surface area contributed by atoms with E-state index in [2.05, 4.69) is 61.5 Å². The van der Waals surface area contributed by atoms with Crippen LogP contribution in [0.15, 0.2) is 54.6 Å². The van der Waals surface area contributed by atoms with Crippen LogP contribution < -0.4 is 0 Å². The maximum Gasteiger partial charge on any atom is -0.0148 e. The second-order valence-corrected chi connectivity index (χ2v) is 4.00. The Morgan fingerprint density at radius 1 is 0.688 bits per heavy atom. The zero-order valence-corrected chi connectivity index (χ0v) is 9.92. The zero-order chi connectivity index (χ0) is 10.3. The van der Waals surface area contributed by atoms with Crippen LogP contribution in [-0.4, -0.2) is 0 Å². The van der Waals surface area contributed by atoms with Crippen LogP contribution in [0.25, 0.3) is 21.5 Å². The third-order valence-electron chi connectivity index (χ3n) is 2.96. The topological polar surface area (TPSA) is 0 Å². The minimum Gasteiger partial charge on any atom is -0.147 e. The van der Waals surface area contributed by atoms with Crippen molar-refractivity contribution in [2.24, 2.45) is 0 Å². The summed E-state index contributed by atoms with van der Waals surface area (Å²) in [5, 5.41) is 5.32. The van der Waals surface area contributed by atoms with Crippen LogP contribution in [0, 0.1) is 6.92 Å². The average molecular weight is 229 g/mol. The normalized spacial score (nSPS) is 10.3. The molecule has 0 aliphatic carbocycles. The number of aryl methyl sites for hydroxylation is 1. The molecule has 16 heavy (non-hydrogen) atoms. The molecule has 0 amide bonds. The van der Waals surface area contributed by atoms with Gasteiger partial charge in [-0.25, -0.2) is 0 Å². The lowest BCUT2D eigenvalue weighted by Crippen LogP contribution is -1.79. The standard InChI is InChI=1S/C15H12.ClH/c1-11-5-4-8-14-9-12-6-2-3-7-13(12)10-15(11)14;/h2-10H,1H3;1H. The quantitative estimate of drug-likeness (QED) is 0.489. The van der Waals surface area contributed by atoms with Gasteiger partial charge in [-0.2, -0.15) is 0 Å². The van der Waals surface area contributed by atoms with Crippen LogP contribution in [0.3, 0.4) is 0 Å². The molecule has 0 radical (unpaired) electrons. The number of benzene rings is 3. The first kappa shape index (κ1) is 11.0. The lowest BCUT2D eigenvalue weighted by atomic mass is 10.0. The van der Waals surface area contributed by atoms with Crippen LogP contribution in [0.2, 0.25) is 0 Å². The van der Waals surface area contributed by atoms with Crippen LogP contribution >= 0.6 is 12.4 Å². The van der Waals surface area contributed by atoms with Crippen LogP contribution in [-0.2, 0) is 0 Å². The van der Waals surface area contributed by atoms with Crippen molar-refractivity contribution in [3.05, 3.63) is 60.2 Å². The highest BCUT2D eigenvalue weighted by Gasteiger charge is 1.98. The molecule has 0 unspecified atom stereocenters. The highest BCUT2D eigenvalue weighted by atomic mass is 35.5. The Kier molecular flexibility index (Phi) is 2.84. The van der Waals surface area contributed by atoms with Gasteiger partial charge in [-0.15, -0.1) is 12.4 Å². The number of rotatable bonds is 0. The van der Waals surface area contributed by atoms with E-state index in [9.17, 15) is 0 Å². The van der Waals surface area contributed by atoms with Gasteiger partial charge in [0, 0.05) is 0 Å². The maximum absolute atomic E-state index is 2.28. The molecule has 0 aromatic heterocycles. The molecule has 3 rings (SSSR count). The molecule has 0 saturated carbocycles. The van der Waals surface area contributed by atoms with Gasteiger partial charge in [0.25, 0.3) is 0 Å². The number of fused-ring (bicyclic) bond motifs is 2. The van der Waals surface area contributed by atoms with Crippen molar-refractivity contribution < 1.29 is 0 Å². The van der Waals surface area contributed by atoms with E-state index in [0.29, 0.717) is 0 Å². The molecule has 0 aliphatic rings. The van der Waals surface area contributed by atoms with Gasteiger partial charge in [0.1, 0.15) is 0 Å². The molecule has 0 fully saturated rings. The predicted molar refractivity (Wildman–Crippen MR) is 73.4 cm³/mol. The molecule has 0 spiro atoms. The second kappa shape index (κ2) is 4.15. The lowest BCUT2D eigenvalue weighted by Gasteiger charge is -2.04. The molecule has 0 nitrogen and oxygen atoms in total. The summed E-state index contributed by atoms with van der Waals surface area (Å²) in [5.74, 6) is 0. The van der Waals surface area contributed by atoms with Crippen molar-refractivity contribution in [2.75, 3.05) is 0 Å². The summed E-state index contributed by atoms with van der Waals surface area (Å²) >= 11 is 0. The van der Waals surface area contributed by atoms with Gasteiger partial charge in [-0.3, -0.25) is 0 Å². The number of halogens is 1. The van der Waals surface area contributed by atoms with E-state index in [1.165, 1.54) is 27.1 Å². The van der Waals surface area contributed by atoms with Crippen molar-refractivity contribution in [1.82, 2.24) is 0 Å². The number of hydrogen-bond donors (Lipinski definition) is 0. The number of hydrogen-bond acceptors (Lipinski definition) is 0. The van der Waals surface area contributed by atoms with E-state index in [-0.39, 0.29) is 12.4 Å². The molecule has 0 atom stereocenters. The summed E-state index contributed by atoms with van der Waals surface area (Å²) in [4.78, 5) is 0. The highest BCUT2D eigenvalue weighted by Crippen LogP contribution is 2.24. The molecule has 3 aromatic carbocycles. The smallest absolute Gasteiger partial charge is 0.0148 e. The van der Waals surface area contributed by atoms with Gasteiger partial charge in [0.2, 0.25) is 0 Å². The van der Waals surface area contributed by atoms with Crippen molar-refractivity contribution in [3.8, 4) is 0 Å². The Hall–Kier alpha value is -1.53. The molecule has 0 heterocycles. The summed E-state index contributed by atoms with van der Waals surface area (Å²) in [6.07, 6.45) is 0. The van der Waals surface area contributed by atoms with Gasteiger partial charge in [0.15, 0.2) is 0 Å². The zero-order valence-electron chi connectivity index (χ0n) is 9.10. The predicted octanol–water partition coefficient (Wildman–Crippen LogP) is 4.72. The molecule has 3 aromatic rings. The Labute approximate surface area is 101 Å². The first-order valence-electron chi connectivity index (χ1n) is 5.23. The lowest BCUT2D eigenvalue weighted by molar-refractivity contribution is 1.54. The van der Waals surface area contributed by atoms with E-state index in [0.717, 1.165) is 0 Å². The molecular formula is C15H13Cl. The fourth-order valence-electron chi connectivity index (χ4n) is 2.12. The van der Waals surface area contributed by atoms with E-state index >= 15 is 0 Å². The monoisotopic (exact) mass is 228 g/mol. The maximum atomic E-state index is 2.28. The summed E-state index contributed by atoms with van der Waals surface area (Å²) < 4.78 is 0. The van der Waals surface area contributed by atoms with Gasteiger partial charge in [-0.05, 0) is 46.2 Å². The van der Waals surface area contributed by atoms with E-state index in [4.69, 9.17) is 0 Å². The first-order valence-corrected chi connectivity index (χ1v) is 5.23. The van der Waals surface area contributed by atoms with Crippen molar-refractivity contribution in [2.45, 2.75) is 6.92 Å².